The third-order valence-corrected chi connectivity index (χ3v) is 2.64. The summed E-state index contributed by atoms with van der Waals surface area (Å²) >= 11 is 0. The molecular weight excluding hydrogens is 246 g/mol. The second-order valence-electron chi connectivity index (χ2n) is 4.30. The largest absolute Gasteiger partial charge is 0.469 e. The lowest BCUT2D eigenvalue weighted by Crippen LogP contribution is -2.16. The van der Waals surface area contributed by atoms with Crippen LogP contribution in [-0.2, 0) is 14.3 Å². The standard InChI is InChI=1S/C14H17NO4/c1-9(8-13(17)19-3)14(18)11-4-6-12(7-5-11)15-10(2)16/h4-7,9H,8H2,1-3H3,(H,15,16). The molecule has 19 heavy (non-hydrogen) atoms. The summed E-state index contributed by atoms with van der Waals surface area (Å²) in [6.07, 6.45) is 0.0583. The topological polar surface area (TPSA) is 72.5 Å². The molecule has 0 aliphatic heterocycles. The highest BCUT2D eigenvalue weighted by Crippen LogP contribution is 2.15. The fourth-order valence-electron chi connectivity index (χ4n) is 1.63. The van der Waals surface area contributed by atoms with Gasteiger partial charge in [0.1, 0.15) is 0 Å². The zero-order valence-corrected chi connectivity index (χ0v) is 11.2. The number of nitrogens with one attached hydrogen (secondary N) is 1. The highest BCUT2D eigenvalue weighted by atomic mass is 16.5. The number of anilines is 1. The minimum atomic E-state index is -0.431. The van der Waals surface area contributed by atoms with Crippen LogP contribution in [0.2, 0.25) is 0 Å². The molecular formula is C14H17NO4. The highest BCUT2D eigenvalue weighted by molar-refractivity contribution is 5.99. The number of carbonyl (C=O) groups is 3. The van der Waals surface area contributed by atoms with Crippen molar-refractivity contribution in [1.29, 1.82) is 0 Å². The normalized spacial score (nSPS) is 11.5. The Labute approximate surface area is 111 Å². The third kappa shape index (κ3) is 4.54. The smallest absolute Gasteiger partial charge is 0.306 e. The van der Waals surface area contributed by atoms with Crippen molar-refractivity contribution in [3.8, 4) is 0 Å². The van der Waals surface area contributed by atoms with Gasteiger partial charge in [0.2, 0.25) is 5.91 Å². The van der Waals surface area contributed by atoms with Gasteiger partial charge in [-0.05, 0) is 24.3 Å². The average molecular weight is 263 g/mol. The summed E-state index contributed by atoms with van der Waals surface area (Å²) < 4.78 is 4.53. The summed E-state index contributed by atoms with van der Waals surface area (Å²) in [5, 5.41) is 2.62. The van der Waals surface area contributed by atoms with Crippen LogP contribution in [0.1, 0.15) is 30.6 Å². The summed E-state index contributed by atoms with van der Waals surface area (Å²) in [4.78, 5) is 34.0. The predicted octanol–water partition coefficient (Wildman–Crippen LogP) is 2.03. The minimum Gasteiger partial charge on any atom is -0.469 e. The molecule has 0 bridgehead atoms. The van der Waals surface area contributed by atoms with Crippen molar-refractivity contribution in [1.82, 2.24) is 0 Å². The molecule has 0 heterocycles. The molecule has 0 fully saturated rings. The van der Waals surface area contributed by atoms with Crippen LogP contribution in [0.25, 0.3) is 0 Å². The lowest BCUT2D eigenvalue weighted by atomic mass is 9.96. The number of ketones is 1. The summed E-state index contributed by atoms with van der Waals surface area (Å²) in [7, 11) is 1.29. The molecule has 1 aromatic rings. The van der Waals surface area contributed by atoms with E-state index in [1.165, 1.54) is 14.0 Å². The van der Waals surface area contributed by atoms with Crippen LogP contribution < -0.4 is 5.32 Å². The number of Topliss-reactive ketones (excluding diaryl/α,β-unsaturated/α-hetero) is 1. The third-order valence-electron chi connectivity index (χ3n) is 2.64. The molecule has 0 radical (unpaired) electrons. The lowest BCUT2D eigenvalue weighted by molar-refractivity contribution is -0.141. The molecule has 1 unspecified atom stereocenters. The van der Waals surface area contributed by atoms with Gasteiger partial charge < -0.3 is 10.1 Å². The van der Waals surface area contributed by atoms with Gasteiger partial charge in [0.05, 0.1) is 13.5 Å². The number of esters is 1. The van der Waals surface area contributed by atoms with Crippen LogP contribution in [0.15, 0.2) is 24.3 Å². The van der Waals surface area contributed by atoms with Crippen molar-refractivity contribution in [3.63, 3.8) is 0 Å². The van der Waals surface area contributed by atoms with E-state index in [0.717, 1.165) is 0 Å². The second kappa shape index (κ2) is 6.68. The Morgan fingerprint density at radius 3 is 2.26 bits per heavy atom. The SMILES string of the molecule is COC(=O)CC(C)C(=O)c1ccc(NC(C)=O)cc1. The van der Waals surface area contributed by atoms with Gasteiger partial charge in [0.15, 0.2) is 5.78 Å². The Bertz CT molecular complexity index is 479. The Balaban J connectivity index is 2.72. The van der Waals surface area contributed by atoms with Crippen LogP contribution in [0, 0.1) is 5.92 Å². The minimum absolute atomic E-state index is 0.0583. The van der Waals surface area contributed by atoms with Crippen LogP contribution in [0.5, 0.6) is 0 Å². The number of benzene rings is 1. The molecule has 0 saturated carbocycles. The van der Waals surface area contributed by atoms with E-state index in [9.17, 15) is 14.4 Å². The molecule has 1 atom stereocenters. The van der Waals surface area contributed by atoms with Crippen molar-refractivity contribution in [2.75, 3.05) is 12.4 Å². The molecule has 1 rings (SSSR count). The van der Waals surface area contributed by atoms with E-state index in [1.54, 1.807) is 31.2 Å². The molecule has 1 N–H and O–H groups in total. The number of rotatable bonds is 5. The number of methoxy groups -OCH3 is 1. The zero-order valence-electron chi connectivity index (χ0n) is 11.2. The number of hydrogen-bond donors (Lipinski definition) is 1. The van der Waals surface area contributed by atoms with Gasteiger partial charge in [0, 0.05) is 24.1 Å². The van der Waals surface area contributed by atoms with E-state index in [2.05, 4.69) is 10.1 Å². The van der Waals surface area contributed by atoms with Crippen molar-refractivity contribution >= 4 is 23.3 Å². The maximum atomic E-state index is 12.0. The number of carbonyl (C=O) groups excluding carboxylic acids is 3. The first-order valence-corrected chi connectivity index (χ1v) is 5.92. The summed E-state index contributed by atoms with van der Waals surface area (Å²) in [5.41, 5.74) is 1.13. The highest BCUT2D eigenvalue weighted by Gasteiger charge is 2.18. The Morgan fingerprint density at radius 1 is 1.21 bits per heavy atom. The van der Waals surface area contributed by atoms with Crippen LogP contribution >= 0.6 is 0 Å². The quantitative estimate of drug-likeness (QED) is 0.651. The van der Waals surface area contributed by atoms with Gasteiger partial charge in [-0.25, -0.2) is 0 Å². The van der Waals surface area contributed by atoms with Crippen molar-refractivity contribution in [2.24, 2.45) is 5.92 Å². The lowest BCUT2D eigenvalue weighted by Gasteiger charge is -2.09. The zero-order chi connectivity index (χ0) is 14.4. The van der Waals surface area contributed by atoms with Crippen molar-refractivity contribution in [2.45, 2.75) is 20.3 Å². The van der Waals surface area contributed by atoms with E-state index in [0.29, 0.717) is 11.3 Å². The first-order valence-electron chi connectivity index (χ1n) is 5.92. The summed E-state index contributed by atoms with van der Waals surface area (Å²) in [6, 6.07) is 6.56. The van der Waals surface area contributed by atoms with E-state index < -0.39 is 11.9 Å². The van der Waals surface area contributed by atoms with Gasteiger partial charge in [-0.1, -0.05) is 6.92 Å². The van der Waals surface area contributed by atoms with Crippen LogP contribution in [0.3, 0.4) is 0 Å². The van der Waals surface area contributed by atoms with Gasteiger partial charge in [-0.3, -0.25) is 14.4 Å². The fraction of sp³-hybridized carbons (Fsp3) is 0.357. The number of ether oxygens (including phenoxy) is 1. The average Bonchev–Trinajstić information content (AvgIpc) is 2.37. The van der Waals surface area contributed by atoms with Crippen LogP contribution in [0.4, 0.5) is 5.69 Å². The summed E-state index contributed by atoms with van der Waals surface area (Å²) in [5.74, 6) is -1.13. The summed E-state index contributed by atoms with van der Waals surface area (Å²) in [6.45, 7) is 3.10. The maximum absolute atomic E-state index is 12.0. The molecule has 5 nitrogen and oxygen atoms in total. The molecule has 102 valence electrons. The molecule has 0 aromatic heterocycles. The van der Waals surface area contributed by atoms with E-state index >= 15 is 0 Å². The van der Waals surface area contributed by atoms with Crippen molar-refractivity contribution < 1.29 is 19.1 Å². The molecule has 0 aliphatic carbocycles. The maximum Gasteiger partial charge on any atom is 0.306 e. The second-order valence-corrected chi connectivity index (χ2v) is 4.30. The Morgan fingerprint density at radius 2 is 1.79 bits per heavy atom. The molecule has 1 amide bonds. The first kappa shape index (κ1) is 14.9. The van der Waals surface area contributed by atoms with E-state index in [4.69, 9.17) is 0 Å². The monoisotopic (exact) mass is 263 g/mol. The Kier molecular flexibility index (Phi) is 5.23. The van der Waals surface area contributed by atoms with Crippen molar-refractivity contribution in [3.05, 3.63) is 29.8 Å². The number of hydrogen-bond acceptors (Lipinski definition) is 4. The molecule has 0 spiro atoms. The molecule has 0 saturated heterocycles. The van der Waals surface area contributed by atoms with E-state index in [-0.39, 0.29) is 18.1 Å². The molecule has 1 aromatic carbocycles. The van der Waals surface area contributed by atoms with Gasteiger partial charge in [0.25, 0.3) is 0 Å². The Hall–Kier alpha value is -2.17. The fourth-order valence-corrected chi connectivity index (χ4v) is 1.63. The molecule has 0 aliphatic rings. The first-order chi connectivity index (χ1) is 8.93. The van der Waals surface area contributed by atoms with Crippen LogP contribution in [-0.4, -0.2) is 24.8 Å². The van der Waals surface area contributed by atoms with Gasteiger partial charge in [-0.15, -0.1) is 0 Å². The van der Waals surface area contributed by atoms with Gasteiger partial charge in [-0.2, -0.15) is 0 Å². The van der Waals surface area contributed by atoms with E-state index in [1.807, 2.05) is 0 Å². The number of amides is 1. The van der Waals surface area contributed by atoms with Gasteiger partial charge >= 0.3 is 5.97 Å². The predicted molar refractivity (Wildman–Crippen MR) is 70.9 cm³/mol. The molecule has 5 heteroatoms.